The standard InChI is InChI=1S/C14H18FNO3/c1-9-5-10(7-11(15)6-9)12(8-17)16-13(18)19-14(2,3)4/h5-8,12H,1-4H3,(H,16,18). The van der Waals surface area contributed by atoms with Crippen LogP contribution in [0, 0.1) is 12.7 Å². The van der Waals surface area contributed by atoms with E-state index >= 15 is 0 Å². The average Bonchev–Trinajstić information content (AvgIpc) is 2.21. The van der Waals surface area contributed by atoms with Crippen LogP contribution in [0.3, 0.4) is 0 Å². The van der Waals surface area contributed by atoms with Gasteiger partial charge in [0.2, 0.25) is 0 Å². The van der Waals surface area contributed by atoms with Gasteiger partial charge in [-0.25, -0.2) is 9.18 Å². The Kier molecular flexibility index (Phi) is 4.64. The highest BCUT2D eigenvalue weighted by Gasteiger charge is 2.20. The lowest BCUT2D eigenvalue weighted by Crippen LogP contribution is -2.35. The second kappa shape index (κ2) is 5.82. The minimum Gasteiger partial charge on any atom is -0.444 e. The fraction of sp³-hybridized carbons (Fsp3) is 0.429. The van der Waals surface area contributed by atoms with E-state index in [1.165, 1.54) is 12.1 Å². The Morgan fingerprint density at radius 1 is 1.37 bits per heavy atom. The summed E-state index contributed by atoms with van der Waals surface area (Å²) in [4.78, 5) is 22.6. The first-order chi connectivity index (χ1) is 8.71. The lowest BCUT2D eigenvalue weighted by atomic mass is 10.1. The number of aryl methyl sites for hydroxylation is 1. The first kappa shape index (κ1) is 15.1. The first-order valence-corrected chi connectivity index (χ1v) is 5.93. The fourth-order valence-electron chi connectivity index (χ4n) is 1.57. The molecule has 0 spiro atoms. The zero-order chi connectivity index (χ0) is 14.6. The smallest absolute Gasteiger partial charge is 0.408 e. The maximum Gasteiger partial charge on any atom is 0.408 e. The molecule has 1 rings (SSSR count). The molecule has 1 aromatic carbocycles. The zero-order valence-corrected chi connectivity index (χ0v) is 11.5. The Balaban J connectivity index is 2.84. The van der Waals surface area contributed by atoms with Crippen molar-refractivity contribution in [3.8, 4) is 0 Å². The zero-order valence-electron chi connectivity index (χ0n) is 11.5. The first-order valence-electron chi connectivity index (χ1n) is 5.93. The number of benzene rings is 1. The van der Waals surface area contributed by atoms with Gasteiger partial charge in [0.15, 0.2) is 0 Å². The SMILES string of the molecule is Cc1cc(F)cc(C(C=O)NC(=O)OC(C)(C)C)c1. The van der Waals surface area contributed by atoms with Gasteiger partial charge in [0.1, 0.15) is 23.7 Å². The van der Waals surface area contributed by atoms with Crippen molar-refractivity contribution in [2.75, 3.05) is 0 Å². The van der Waals surface area contributed by atoms with Gasteiger partial charge in [0, 0.05) is 0 Å². The summed E-state index contributed by atoms with van der Waals surface area (Å²) in [5.74, 6) is -0.451. The van der Waals surface area contributed by atoms with E-state index in [-0.39, 0.29) is 0 Å². The molecule has 1 N–H and O–H groups in total. The molecule has 0 aromatic heterocycles. The molecule has 1 aromatic rings. The van der Waals surface area contributed by atoms with Gasteiger partial charge in [0.25, 0.3) is 0 Å². The topological polar surface area (TPSA) is 55.4 Å². The van der Waals surface area contributed by atoms with Gasteiger partial charge in [-0.05, 0) is 51.0 Å². The Hall–Kier alpha value is -1.91. The number of hydrogen-bond acceptors (Lipinski definition) is 3. The normalized spacial score (nSPS) is 12.7. The van der Waals surface area contributed by atoms with E-state index in [1.807, 2.05) is 0 Å². The molecule has 104 valence electrons. The lowest BCUT2D eigenvalue weighted by molar-refractivity contribution is -0.109. The molecule has 0 saturated carbocycles. The van der Waals surface area contributed by atoms with Crippen LogP contribution in [0.15, 0.2) is 18.2 Å². The highest BCUT2D eigenvalue weighted by atomic mass is 19.1. The summed E-state index contributed by atoms with van der Waals surface area (Å²) in [5, 5.41) is 2.40. The Labute approximate surface area is 112 Å². The van der Waals surface area contributed by atoms with Gasteiger partial charge in [-0.15, -0.1) is 0 Å². The monoisotopic (exact) mass is 267 g/mol. The van der Waals surface area contributed by atoms with Crippen molar-refractivity contribution in [1.29, 1.82) is 0 Å². The summed E-state index contributed by atoms with van der Waals surface area (Å²) < 4.78 is 18.3. The minimum atomic E-state index is -0.927. The van der Waals surface area contributed by atoms with Crippen molar-refractivity contribution in [3.05, 3.63) is 35.1 Å². The number of nitrogens with one attached hydrogen (secondary N) is 1. The van der Waals surface area contributed by atoms with Crippen LogP contribution in [0.25, 0.3) is 0 Å². The van der Waals surface area contributed by atoms with Gasteiger partial charge in [-0.3, -0.25) is 0 Å². The summed E-state index contributed by atoms with van der Waals surface area (Å²) in [6.45, 7) is 6.86. The lowest BCUT2D eigenvalue weighted by Gasteiger charge is -2.21. The van der Waals surface area contributed by atoms with Gasteiger partial charge in [-0.2, -0.15) is 0 Å². The van der Waals surface area contributed by atoms with Crippen LogP contribution in [0.2, 0.25) is 0 Å². The second-order valence-electron chi connectivity index (χ2n) is 5.32. The molecule has 0 heterocycles. The van der Waals surface area contributed by atoms with E-state index < -0.39 is 23.6 Å². The number of aldehydes is 1. The minimum absolute atomic E-state index is 0.387. The number of carbonyl (C=O) groups is 2. The molecule has 5 heteroatoms. The van der Waals surface area contributed by atoms with Crippen molar-refractivity contribution in [1.82, 2.24) is 5.32 Å². The van der Waals surface area contributed by atoms with E-state index in [0.29, 0.717) is 17.4 Å². The Morgan fingerprint density at radius 3 is 2.47 bits per heavy atom. The summed E-state index contributed by atoms with van der Waals surface area (Å²) in [7, 11) is 0. The number of ether oxygens (including phenoxy) is 1. The van der Waals surface area contributed by atoms with Crippen LogP contribution in [0.4, 0.5) is 9.18 Å². The summed E-state index contributed by atoms with van der Waals surface area (Å²) >= 11 is 0. The predicted octanol–water partition coefficient (Wildman–Crippen LogP) is 2.90. The molecule has 1 atom stereocenters. The third-order valence-corrected chi connectivity index (χ3v) is 2.23. The summed E-state index contributed by atoms with van der Waals surface area (Å²) in [6.07, 6.45) is -0.176. The number of hydrogen-bond donors (Lipinski definition) is 1. The van der Waals surface area contributed by atoms with Crippen molar-refractivity contribution in [2.24, 2.45) is 0 Å². The molecule has 0 aliphatic rings. The summed E-state index contributed by atoms with van der Waals surface area (Å²) in [5.41, 5.74) is 0.404. The molecule has 1 amide bonds. The molecule has 0 radical (unpaired) electrons. The molecule has 4 nitrogen and oxygen atoms in total. The van der Waals surface area contributed by atoms with Crippen molar-refractivity contribution in [2.45, 2.75) is 39.3 Å². The molecule has 0 aliphatic heterocycles. The van der Waals surface area contributed by atoms with Gasteiger partial charge < -0.3 is 14.8 Å². The second-order valence-corrected chi connectivity index (χ2v) is 5.32. The number of carbonyl (C=O) groups excluding carboxylic acids is 2. The van der Waals surface area contributed by atoms with Gasteiger partial charge >= 0.3 is 6.09 Å². The predicted molar refractivity (Wildman–Crippen MR) is 69.3 cm³/mol. The van der Waals surface area contributed by atoms with E-state index in [9.17, 15) is 14.0 Å². The van der Waals surface area contributed by atoms with Crippen LogP contribution >= 0.6 is 0 Å². The molecule has 0 fully saturated rings. The largest absolute Gasteiger partial charge is 0.444 e. The number of amides is 1. The van der Waals surface area contributed by atoms with Crippen molar-refractivity contribution < 1.29 is 18.7 Å². The van der Waals surface area contributed by atoms with Crippen LogP contribution in [-0.2, 0) is 9.53 Å². The fourth-order valence-corrected chi connectivity index (χ4v) is 1.57. The Bertz CT molecular complexity index is 460. The van der Waals surface area contributed by atoms with Crippen molar-refractivity contribution >= 4 is 12.4 Å². The third-order valence-electron chi connectivity index (χ3n) is 2.23. The van der Waals surface area contributed by atoms with Crippen LogP contribution < -0.4 is 5.32 Å². The van der Waals surface area contributed by atoms with E-state index in [0.717, 1.165) is 0 Å². The maximum atomic E-state index is 13.3. The highest BCUT2D eigenvalue weighted by molar-refractivity contribution is 5.74. The molecule has 1 unspecified atom stereocenters. The van der Waals surface area contributed by atoms with Gasteiger partial charge in [0.05, 0.1) is 0 Å². The number of rotatable bonds is 3. The Morgan fingerprint density at radius 2 is 2.00 bits per heavy atom. The molecule has 0 bridgehead atoms. The molecule has 19 heavy (non-hydrogen) atoms. The van der Waals surface area contributed by atoms with E-state index in [1.54, 1.807) is 33.8 Å². The maximum absolute atomic E-state index is 13.3. The van der Waals surface area contributed by atoms with Crippen LogP contribution in [0.5, 0.6) is 0 Å². The van der Waals surface area contributed by atoms with E-state index in [4.69, 9.17) is 4.74 Å². The number of halogens is 1. The summed E-state index contributed by atoms with van der Waals surface area (Å²) in [6, 6.07) is 3.27. The third kappa shape index (κ3) is 5.07. The average molecular weight is 267 g/mol. The van der Waals surface area contributed by atoms with Gasteiger partial charge in [-0.1, -0.05) is 6.07 Å². The van der Waals surface area contributed by atoms with Crippen molar-refractivity contribution in [3.63, 3.8) is 0 Å². The molecular weight excluding hydrogens is 249 g/mol. The quantitative estimate of drug-likeness (QED) is 0.857. The molecule has 0 saturated heterocycles. The number of alkyl carbamates (subject to hydrolysis) is 1. The van der Waals surface area contributed by atoms with E-state index in [2.05, 4.69) is 5.32 Å². The molecule has 0 aliphatic carbocycles. The van der Waals surface area contributed by atoms with Crippen LogP contribution in [0.1, 0.15) is 37.9 Å². The highest BCUT2D eigenvalue weighted by Crippen LogP contribution is 2.16. The van der Waals surface area contributed by atoms with Crippen LogP contribution in [-0.4, -0.2) is 18.0 Å². The molecular formula is C14H18FNO3.